The molecule has 2 aromatic carbocycles. The van der Waals surface area contributed by atoms with Crippen molar-refractivity contribution >= 4 is 17.6 Å². The fourth-order valence-electron chi connectivity index (χ4n) is 3.10. The third-order valence-corrected chi connectivity index (χ3v) is 4.53. The van der Waals surface area contributed by atoms with E-state index in [0.717, 1.165) is 29.7 Å². The number of amides is 1. The summed E-state index contributed by atoms with van der Waals surface area (Å²) < 4.78 is 18.7. The number of hydrogen-bond donors (Lipinski definition) is 3. The van der Waals surface area contributed by atoms with Gasteiger partial charge < -0.3 is 20.7 Å². The Morgan fingerprint density at radius 2 is 2.00 bits per heavy atom. The third kappa shape index (κ3) is 6.57. The molecule has 3 N–H and O–H groups in total. The average molecular weight is 398 g/mol. The van der Waals surface area contributed by atoms with Crippen molar-refractivity contribution in [3.05, 3.63) is 65.5 Å². The van der Waals surface area contributed by atoms with E-state index in [1.54, 1.807) is 6.07 Å². The smallest absolute Gasteiger partial charge is 0.253 e. The summed E-state index contributed by atoms with van der Waals surface area (Å²) in [5.74, 6) is 0.278. The molecule has 1 unspecified atom stereocenters. The molecule has 1 atom stereocenters. The van der Waals surface area contributed by atoms with E-state index in [0.29, 0.717) is 32.2 Å². The average Bonchev–Trinajstić information content (AvgIpc) is 3.25. The molecule has 0 bridgehead atoms. The summed E-state index contributed by atoms with van der Waals surface area (Å²) in [5.41, 5.74) is 2.55. The van der Waals surface area contributed by atoms with Gasteiger partial charge in [-0.05, 0) is 55.2 Å². The van der Waals surface area contributed by atoms with Crippen molar-refractivity contribution in [3.63, 3.8) is 0 Å². The summed E-state index contributed by atoms with van der Waals surface area (Å²) >= 11 is 0. The molecular formula is C22H27FN4O2. The predicted octanol–water partition coefficient (Wildman–Crippen LogP) is 3.20. The Hall–Kier alpha value is -2.93. The van der Waals surface area contributed by atoms with E-state index in [9.17, 15) is 9.18 Å². The van der Waals surface area contributed by atoms with Crippen LogP contribution in [0.3, 0.4) is 0 Å². The van der Waals surface area contributed by atoms with Gasteiger partial charge in [0.1, 0.15) is 11.9 Å². The number of benzene rings is 2. The maximum atomic E-state index is 13.3. The number of nitrogens with zero attached hydrogens (tertiary/aromatic N) is 1. The Morgan fingerprint density at radius 3 is 2.76 bits per heavy atom. The molecule has 7 heteroatoms. The molecule has 0 aromatic heterocycles. The predicted molar refractivity (Wildman–Crippen MR) is 112 cm³/mol. The van der Waals surface area contributed by atoms with E-state index >= 15 is 0 Å². The van der Waals surface area contributed by atoms with Crippen molar-refractivity contribution in [2.75, 3.05) is 18.5 Å². The normalized spacial score (nSPS) is 16.5. The minimum atomic E-state index is -0.355. The van der Waals surface area contributed by atoms with Crippen LogP contribution in [-0.2, 0) is 22.6 Å². The summed E-state index contributed by atoms with van der Waals surface area (Å²) in [6.45, 7) is 4.26. The summed E-state index contributed by atoms with van der Waals surface area (Å²) in [7, 11) is 0. The highest BCUT2D eigenvalue weighted by molar-refractivity contribution is 5.94. The van der Waals surface area contributed by atoms with Gasteiger partial charge in [-0.25, -0.2) is 9.38 Å². The van der Waals surface area contributed by atoms with Gasteiger partial charge >= 0.3 is 0 Å². The van der Waals surface area contributed by atoms with Crippen LogP contribution in [0.2, 0.25) is 0 Å². The monoisotopic (exact) mass is 398 g/mol. The topological polar surface area (TPSA) is 74.8 Å². The highest BCUT2D eigenvalue weighted by Crippen LogP contribution is 2.16. The standard InChI is InChI=1S/C22H27FN4O2/c1-2-24-22(25-14-16-6-3-8-18(23)12-16)26-15-17-7-4-9-19(13-17)27-21(28)20-10-5-11-29-20/h3-4,6-9,12-13,20H,2,5,10-11,14-15H2,1H3,(H,27,28)(H2,24,25,26). The molecule has 6 nitrogen and oxygen atoms in total. The van der Waals surface area contributed by atoms with Gasteiger partial charge in [-0.1, -0.05) is 24.3 Å². The fourth-order valence-corrected chi connectivity index (χ4v) is 3.10. The Morgan fingerprint density at radius 1 is 1.17 bits per heavy atom. The number of nitrogens with one attached hydrogen (secondary N) is 3. The maximum Gasteiger partial charge on any atom is 0.253 e. The van der Waals surface area contributed by atoms with Gasteiger partial charge in [0, 0.05) is 25.4 Å². The molecule has 29 heavy (non-hydrogen) atoms. The van der Waals surface area contributed by atoms with Crippen molar-refractivity contribution in [2.24, 2.45) is 4.99 Å². The molecule has 2 aromatic rings. The van der Waals surface area contributed by atoms with E-state index in [-0.39, 0.29) is 17.8 Å². The molecule has 1 fully saturated rings. The third-order valence-electron chi connectivity index (χ3n) is 4.53. The molecule has 0 aliphatic carbocycles. The first-order chi connectivity index (χ1) is 14.1. The first-order valence-corrected chi connectivity index (χ1v) is 9.92. The quantitative estimate of drug-likeness (QED) is 0.495. The second-order valence-corrected chi connectivity index (χ2v) is 6.87. The van der Waals surface area contributed by atoms with Gasteiger partial charge in [0.2, 0.25) is 0 Å². The zero-order chi connectivity index (χ0) is 20.5. The minimum Gasteiger partial charge on any atom is -0.368 e. The summed E-state index contributed by atoms with van der Waals surface area (Å²) in [4.78, 5) is 16.7. The number of rotatable bonds is 7. The van der Waals surface area contributed by atoms with Gasteiger partial charge in [-0.15, -0.1) is 0 Å². The fraction of sp³-hybridized carbons (Fsp3) is 0.364. The van der Waals surface area contributed by atoms with Crippen LogP contribution in [0.25, 0.3) is 0 Å². The second-order valence-electron chi connectivity index (χ2n) is 6.87. The number of anilines is 1. The Labute approximate surface area is 170 Å². The first kappa shape index (κ1) is 20.8. The van der Waals surface area contributed by atoms with Crippen LogP contribution in [0.15, 0.2) is 53.5 Å². The van der Waals surface area contributed by atoms with Crippen molar-refractivity contribution in [3.8, 4) is 0 Å². The van der Waals surface area contributed by atoms with Gasteiger partial charge in [-0.3, -0.25) is 4.79 Å². The van der Waals surface area contributed by atoms with E-state index in [1.165, 1.54) is 12.1 Å². The van der Waals surface area contributed by atoms with E-state index in [2.05, 4.69) is 20.9 Å². The second kappa shape index (κ2) is 10.6. The van der Waals surface area contributed by atoms with Gasteiger partial charge in [0.15, 0.2) is 5.96 Å². The summed E-state index contributed by atoms with van der Waals surface area (Å²) in [6, 6.07) is 14.1. The lowest BCUT2D eigenvalue weighted by Crippen LogP contribution is -2.36. The molecule has 1 aliphatic heterocycles. The summed E-state index contributed by atoms with van der Waals surface area (Å²) in [5, 5.41) is 9.36. The van der Waals surface area contributed by atoms with Crippen LogP contribution in [0.4, 0.5) is 10.1 Å². The minimum absolute atomic E-state index is 0.0994. The van der Waals surface area contributed by atoms with Crippen LogP contribution in [0.1, 0.15) is 30.9 Å². The molecule has 1 heterocycles. The molecule has 154 valence electrons. The van der Waals surface area contributed by atoms with Crippen molar-refractivity contribution in [1.29, 1.82) is 0 Å². The van der Waals surface area contributed by atoms with Crippen LogP contribution in [0.5, 0.6) is 0 Å². The highest BCUT2D eigenvalue weighted by Gasteiger charge is 2.23. The van der Waals surface area contributed by atoms with Crippen LogP contribution in [0, 0.1) is 5.82 Å². The molecule has 3 rings (SSSR count). The number of ether oxygens (including phenoxy) is 1. The molecule has 1 amide bonds. The zero-order valence-corrected chi connectivity index (χ0v) is 16.6. The molecule has 1 aliphatic rings. The number of carbonyl (C=O) groups excluding carboxylic acids is 1. The van der Waals surface area contributed by atoms with Crippen molar-refractivity contribution in [2.45, 2.75) is 39.0 Å². The van der Waals surface area contributed by atoms with Gasteiger partial charge in [-0.2, -0.15) is 0 Å². The number of aliphatic imine (C=N–C) groups is 1. The number of halogens is 1. The SMILES string of the molecule is CCNC(=NCc1cccc(F)c1)NCc1cccc(NC(=O)C2CCCO2)c1. The number of guanidine groups is 1. The molecule has 1 saturated heterocycles. The highest BCUT2D eigenvalue weighted by atomic mass is 19.1. The Balaban J connectivity index is 1.57. The van der Waals surface area contributed by atoms with E-state index in [1.807, 2.05) is 37.3 Å². The van der Waals surface area contributed by atoms with Gasteiger partial charge in [0.05, 0.1) is 6.54 Å². The molecular weight excluding hydrogens is 371 g/mol. The van der Waals surface area contributed by atoms with E-state index in [4.69, 9.17) is 4.74 Å². The first-order valence-electron chi connectivity index (χ1n) is 9.92. The molecule has 0 radical (unpaired) electrons. The van der Waals surface area contributed by atoms with Crippen LogP contribution >= 0.6 is 0 Å². The summed E-state index contributed by atoms with van der Waals surface area (Å²) in [6.07, 6.45) is 1.33. The lowest BCUT2D eigenvalue weighted by atomic mass is 10.2. The number of hydrogen-bond acceptors (Lipinski definition) is 3. The number of carbonyl (C=O) groups is 1. The zero-order valence-electron chi connectivity index (χ0n) is 16.6. The van der Waals surface area contributed by atoms with Crippen molar-refractivity contribution in [1.82, 2.24) is 10.6 Å². The lowest BCUT2D eigenvalue weighted by Gasteiger charge is -2.13. The largest absolute Gasteiger partial charge is 0.368 e. The van der Waals surface area contributed by atoms with Crippen LogP contribution < -0.4 is 16.0 Å². The Bertz CT molecular complexity index is 850. The van der Waals surface area contributed by atoms with Crippen molar-refractivity contribution < 1.29 is 13.9 Å². The lowest BCUT2D eigenvalue weighted by molar-refractivity contribution is -0.124. The van der Waals surface area contributed by atoms with Crippen LogP contribution in [-0.4, -0.2) is 31.1 Å². The molecule has 0 saturated carbocycles. The molecule has 0 spiro atoms. The van der Waals surface area contributed by atoms with E-state index < -0.39 is 0 Å². The Kier molecular flexibility index (Phi) is 7.58. The van der Waals surface area contributed by atoms with Gasteiger partial charge in [0.25, 0.3) is 5.91 Å². The maximum absolute atomic E-state index is 13.3.